The molecule has 5 nitrogen and oxygen atoms in total. The Morgan fingerprint density at radius 2 is 1.65 bits per heavy atom. The van der Waals surface area contributed by atoms with E-state index in [1.807, 2.05) is 6.92 Å². The minimum atomic E-state index is -3.26. The summed E-state index contributed by atoms with van der Waals surface area (Å²) < 4.78 is 36.9. The third-order valence-corrected chi connectivity index (χ3v) is 5.53. The second-order valence-electron chi connectivity index (χ2n) is 6.32. The van der Waals surface area contributed by atoms with Gasteiger partial charge in [-0.15, -0.1) is 0 Å². The van der Waals surface area contributed by atoms with Gasteiger partial charge in [-0.2, -0.15) is 0 Å². The molecular formula is C19H23FN2O3S. The van der Waals surface area contributed by atoms with E-state index in [1.165, 1.54) is 23.1 Å². The number of nitrogens with zero attached hydrogens (tertiary/aromatic N) is 1. The van der Waals surface area contributed by atoms with E-state index in [0.717, 1.165) is 11.8 Å². The first-order valence-electron chi connectivity index (χ1n) is 8.19. The second kappa shape index (κ2) is 7.86. The molecular weight excluding hydrogens is 355 g/mol. The number of carbonyl (C=O) groups excluding carboxylic acids is 1. The van der Waals surface area contributed by atoms with Crippen LogP contribution in [0.4, 0.5) is 9.18 Å². The van der Waals surface area contributed by atoms with Crippen molar-refractivity contribution in [3.05, 3.63) is 65.5 Å². The van der Waals surface area contributed by atoms with Gasteiger partial charge in [0.15, 0.2) is 9.84 Å². The predicted molar refractivity (Wildman–Crippen MR) is 99.1 cm³/mol. The highest BCUT2D eigenvalue weighted by molar-refractivity contribution is 7.90. The number of rotatable bonds is 5. The van der Waals surface area contributed by atoms with Gasteiger partial charge in [0, 0.05) is 18.9 Å². The van der Waals surface area contributed by atoms with Gasteiger partial charge in [-0.25, -0.2) is 17.6 Å². The Kier molecular flexibility index (Phi) is 6.02. The summed E-state index contributed by atoms with van der Waals surface area (Å²) in [6.45, 7) is 3.55. The van der Waals surface area contributed by atoms with Crippen LogP contribution in [0.25, 0.3) is 0 Å². The van der Waals surface area contributed by atoms with Crippen LogP contribution in [0, 0.1) is 5.82 Å². The Bertz CT molecular complexity index is 882. The lowest BCUT2D eigenvalue weighted by atomic mass is 10.1. The van der Waals surface area contributed by atoms with Gasteiger partial charge < -0.3 is 10.2 Å². The first-order valence-corrected chi connectivity index (χ1v) is 10.1. The summed E-state index contributed by atoms with van der Waals surface area (Å²) in [5.41, 5.74) is 1.22. The lowest BCUT2D eigenvalue weighted by Gasteiger charge is -2.27. The number of carbonyl (C=O) groups is 1. The third kappa shape index (κ3) is 4.60. The van der Waals surface area contributed by atoms with E-state index < -0.39 is 15.9 Å². The van der Waals surface area contributed by atoms with E-state index in [9.17, 15) is 17.6 Å². The monoisotopic (exact) mass is 378 g/mol. The fourth-order valence-corrected chi connectivity index (χ4v) is 3.21. The first-order chi connectivity index (χ1) is 12.1. The average Bonchev–Trinajstić information content (AvgIpc) is 2.60. The molecule has 0 bridgehead atoms. The third-order valence-electron chi connectivity index (χ3n) is 4.40. The Morgan fingerprint density at radius 1 is 1.08 bits per heavy atom. The highest BCUT2D eigenvalue weighted by atomic mass is 32.2. The van der Waals surface area contributed by atoms with Crippen molar-refractivity contribution in [1.29, 1.82) is 0 Å². The van der Waals surface area contributed by atoms with Crippen molar-refractivity contribution in [3.8, 4) is 0 Å². The average molecular weight is 378 g/mol. The maximum Gasteiger partial charge on any atom is 0.318 e. The van der Waals surface area contributed by atoms with E-state index >= 15 is 0 Å². The van der Waals surface area contributed by atoms with Crippen LogP contribution in [0.3, 0.4) is 0 Å². The molecule has 1 N–H and O–H groups in total. The van der Waals surface area contributed by atoms with E-state index in [-0.39, 0.29) is 22.8 Å². The largest absolute Gasteiger partial charge is 0.331 e. The van der Waals surface area contributed by atoms with Crippen molar-refractivity contribution in [2.45, 2.75) is 30.8 Å². The van der Waals surface area contributed by atoms with Gasteiger partial charge in [-0.1, -0.05) is 30.3 Å². The molecule has 0 unspecified atom stereocenters. The highest BCUT2D eigenvalue weighted by Gasteiger charge is 2.21. The molecule has 2 aromatic rings. The van der Waals surface area contributed by atoms with Gasteiger partial charge in [-0.3, -0.25) is 0 Å². The van der Waals surface area contributed by atoms with Gasteiger partial charge in [0.1, 0.15) is 5.82 Å². The molecule has 2 atom stereocenters. The molecule has 0 spiro atoms. The topological polar surface area (TPSA) is 66.5 Å². The zero-order valence-electron chi connectivity index (χ0n) is 15.2. The van der Waals surface area contributed by atoms with Crippen LogP contribution in [-0.4, -0.2) is 32.7 Å². The van der Waals surface area contributed by atoms with Crippen LogP contribution in [-0.2, 0) is 9.84 Å². The lowest BCUT2D eigenvalue weighted by Crippen LogP contribution is -2.40. The molecule has 0 heterocycles. The number of urea groups is 1. The number of halogens is 1. The van der Waals surface area contributed by atoms with Crippen molar-refractivity contribution in [2.75, 3.05) is 13.3 Å². The maximum absolute atomic E-state index is 13.8. The van der Waals surface area contributed by atoms with Crippen LogP contribution in [0.5, 0.6) is 0 Å². The number of nitrogens with one attached hydrogen (secondary N) is 1. The lowest BCUT2D eigenvalue weighted by molar-refractivity contribution is 0.191. The standard InChI is InChI=1S/C19H23FN2O3S/c1-13(17-7-5-6-8-18(17)20)21-19(23)22(3)14(2)15-9-11-16(12-10-15)26(4,24)25/h5-14H,1-4H3,(H,21,23)/t13-,14-/m0/s1. The number of hydrogen-bond donors (Lipinski definition) is 1. The molecule has 7 heteroatoms. The van der Waals surface area contributed by atoms with E-state index in [2.05, 4.69) is 5.32 Å². The van der Waals surface area contributed by atoms with Gasteiger partial charge in [0.05, 0.1) is 17.0 Å². The predicted octanol–water partition coefficient (Wildman–Crippen LogP) is 3.69. The molecule has 26 heavy (non-hydrogen) atoms. The first kappa shape index (κ1) is 19.9. The van der Waals surface area contributed by atoms with Crippen LogP contribution >= 0.6 is 0 Å². The van der Waals surface area contributed by atoms with Gasteiger partial charge in [0.25, 0.3) is 0 Å². The smallest absolute Gasteiger partial charge is 0.318 e. The molecule has 2 aromatic carbocycles. The minimum Gasteiger partial charge on any atom is -0.331 e. The van der Waals surface area contributed by atoms with Crippen molar-refractivity contribution in [1.82, 2.24) is 10.2 Å². The molecule has 0 aromatic heterocycles. The van der Waals surface area contributed by atoms with Gasteiger partial charge >= 0.3 is 6.03 Å². The van der Waals surface area contributed by atoms with Crippen LogP contribution in [0.2, 0.25) is 0 Å². The number of benzene rings is 2. The molecule has 0 aliphatic heterocycles. The molecule has 2 rings (SSSR count). The summed E-state index contributed by atoms with van der Waals surface area (Å²) in [6, 6.07) is 11.6. The molecule has 0 aliphatic carbocycles. The molecule has 2 amide bonds. The fourth-order valence-electron chi connectivity index (χ4n) is 2.58. The quantitative estimate of drug-likeness (QED) is 0.863. The van der Waals surface area contributed by atoms with E-state index in [4.69, 9.17) is 0 Å². The normalized spacial score (nSPS) is 13.7. The Morgan fingerprint density at radius 3 is 2.19 bits per heavy atom. The fraction of sp³-hybridized carbons (Fsp3) is 0.316. The zero-order valence-corrected chi connectivity index (χ0v) is 16.0. The van der Waals surface area contributed by atoms with Crippen LogP contribution < -0.4 is 5.32 Å². The SMILES string of the molecule is C[C@H](NC(=O)N(C)[C@@H](C)c1ccc(S(C)(=O)=O)cc1)c1ccccc1F. The summed E-state index contributed by atoms with van der Waals surface area (Å²) in [5.74, 6) is -0.368. The Hall–Kier alpha value is -2.41. The molecule has 0 aliphatic rings. The summed E-state index contributed by atoms with van der Waals surface area (Å²) >= 11 is 0. The van der Waals surface area contributed by atoms with Crippen molar-refractivity contribution >= 4 is 15.9 Å². The Balaban J connectivity index is 2.08. The summed E-state index contributed by atoms with van der Waals surface area (Å²) in [7, 11) is -1.62. The molecule has 140 valence electrons. The maximum atomic E-state index is 13.8. The number of amides is 2. The molecule has 0 saturated carbocycles. The van der Waals surface area contributed by atoms with Gasteiger partial charge in [0.2, 0.25) is 0 Å². The van der Waals surface area contributed by atoms with E-state index in [0.29, 0.717) is 5.56 Å². The Labute approximate surface area is 153 Å². The van der Waals surface area contributed by atoms with Crippen molar-refractivity contribution < 1.29 is 17.6 Å². The summed E-state index contributed by atoms with van der Waals surface area (Å²) in [6.07, 6.45) is 1.15. The zero-order chi connectivity index (χ0) is 19.5. The highest BCUT2D eigenvalue weighted by Crippen LogP contribution is 2.22. The second-order valence-corrected chi connectivity index (χ2v) is 8.34. The van der Waals surface area contributed by atoms with Gasteiger partial charge in [-0.05, 0) is 37.6 Å². The number of hydrogen-bond acceptors (Lipinski definition) is 3. The van der Waals surface area contributed by atoms with Crippen molar-refractivity contribution in [2.24, 2.45) is 0 Å². The summed E-state index contributed by atoms with van der Waals surface area (Å²) in [4.78, 5) is 14.2. The van der Waals surface area contributed by atoms with Crippen molar-refractivity contribution in [3.63, 3.8) is 0 Å². The summed E-state index contributed by atoms with van der Waals surface area (Å²) in [5, 5.41) is 2.77. The number of sulfone groups is 1. The molecule has 0 saturated heterocycles. The van der Waals surface area contributed by atoms with Crippen LogP contribution in [0.15, 0.2) is 53.4 Å². The molecule has 0 fully saturated rings. The molecule has 0 radical (unpaired) electrons. The minimum absolute atomic E-state index is 0.230. The van der Waals surface area contributed by atoms with Crippen LogP contribution in [0.1, 0.15) is 37.1 Å². The van der Waals surface area contributed by atoms with E-state index in [1.54, 1.807) is 44.3 Å².